The number of hydrogen-bond donors (Lipinski definition) is 2. The zero-order chi connectivity index (χ0) is 25.6. The first-order valence-electron chi connectivity index (χ1n) is 14.1. The maximum atomic E-state index is 12.0. The monoisotopic (exact) mass is 501 g/mol. The number of esters is 1. The predicted molar refractivity (Wildman–Crippen MR) is 143 cm³/mol. The quantitative estimate of drug-likeness (QED) is 0.197. The first-order valence-corrected chi connectivity index (χ1v) is 14.1. The molecule has 0 bridgehead atoms. The first-order chi connectivity index (χ1) is 17.6. The number of aliphatic hydroxyl groups is 2. The fourth-order valence-corrected chi connectivity index (χ4v) is 5.45. The van der Waals surface area contributed by atoms with Gasteiger partial charge in [-0.1, -0.05) is 62.6 Å². The van der Waals surface area contributed by atoms with Crippen molar-refractivity contribution in [2.24, 2.45) is 5.92 Å². The number of allylic oxidation sites excluding steroid dienone is 2. The Balaban J connectivity index is 1.34. The van der Waals surface area contributed by atoms with Gasteiger partial charge < -0.3 is 19.7 Å². The molecule has 202 valence electrons. The number of ether oxygens (including phenoxy) is 2. The Labute approximate surface area is 217 Å². The largest absolute Gasteiger partial charge is 0.464 e. The molecule has 0 unspecified atom stereocenters. The molecule has 1 heterocycles. The van der Waals surface area contributed by atoms with Crippen LogP contribution in [0.3, 0.4) is 0 Å². The molecular weight excluding hydrogens is 454 g/mol. The summed E-state index contributed by atoms with van der Waals surface area (Å²) >= 11 is 0. The third-order valence-electron chi connectivity index (χ3n) is 7.67. The Morgan fingerprint density at radius 3 is 2.67 bits per heavy atom. The predicted octanol–water partition coefficient (Wildman–Crippen LogP) is 5.15. The van der Waals surface area contributed by atoms with Gasteiger partial charge in [-0.2, -0.15) is 0 Å². The van der Waals surface area contributed by atoms with Crippen LogP contribution >= 0.6 is 0 Å². The molecule has 2 fully saturated rings. The summed E-state index contributed by atoms with van der Waals surface area (Å²) in [6, 6.07) is 8.26. The van der Waals surface area contributed by atoms with Crippen molar-refractivity contribution in [1.29, 1.82) is 0 Å². The lowest BCUT2D eigenvalue weighted by atomic mass is 9.85. The van der Waals surface area contributed by atoms with Gasteiger partial charge in [-0.3, -0.25) is 9.69 Å². The van der Waals surface area contributed by atoms with Gasteiger partial charge in [0.1, 0.15) is 6.61 Å². The van der Waals surface area contributed by atoms with Crippen LogP contribution in [0.25, 0.3) is 0 Å². The summed E-state index contributed by atoms with van der Waals surface area (Å²) < 4.78 is 10.7. The highest BCUT2D eigenvalue weighted by Gasteiger charge is 2.35. The van der Waals surface area contributed by atoms with Crippen molar-refractivity contribution in [1.82, 2.24) is 4.90 Å². The summed E-state index contributed by atoms with van der Waals surface area (Å²) in [6.07, 6.45) is 12.7. The maximum absolute atomic E-state index is 12.0. The van der Waals surface area contributed by atoms with Gasteiger partial charge in [0.05, 0.1) is 25.4 Å². The van der Waals surface area contributed by atoms with E-state index in [2.05, 4.69) is 36.1 Å². The van der Waals surface area contributed by atoms with E-state index >= 15 is 0 Å². The molecule has 1 aromatic carbocycles. The summed E-state index contributed by atoms with van der Waals surface area (Å²) in [5, 5.41) is 21.1. The van der Waals surface area contributed by atoms with Crippen LogP contribution in [0.4, 0.5) is 0 Å². The van der Waals surface area contributed by atoms with Gasteiger partial charge in [0.2, 0.25) is 0 Å². The summed E-state index contributed by atoms with van der Waals surface area (Å²) in [7, 11) is 0. The van der Waals surface area contributed by atoms with Gasteiger partial charge in [-0.05, 0) is 55.6 Å². The van der Waals surface area contributed by atoms with Crippen LogP contribution in [-0.4, -0.2) is 66.6 Å². The minimum atomic E-state index is -0.403. The maximum Gasteiger partial charge on any atom is 0.305 e. The van der Waals surface area contributed by atoms with Crippen molar-refractivity contribution in [3.8, 4) is 0 Å². The molecule has 2 N–H and O–H groups in total. The van der Waals surface area contributed by atoms with Crippen LogP contribution in [0.2, 0.25) is 0 Å². The Bertz CT molecular complexity index is 774. The lowest BCUT2D eigenvalue weighted by molar-refractivity contribution is -0.144. The van der Waals surface area contributed by atoms with E-state index in [9.17, 15) is 15.0 Å². The van der Waals surface area contributed by atoms with Crippen LogP contribution in [0.15, 0.2) is 36.4 Å². The standard InChI is InChI=1S/C30H47NO5/c1-2-3-6-10-27(32)24-12-14-26(15-13-24)30-25(16-17-28(30)33)9-7-4-5-8-11-29(34)36-23-20-31-18-21-35-22-19-31/h4,7,12-15,25,27-28,30,32-33H,2-3,5-6,8-11,16-23H2,1H3/b7-4+/t25-,27+,28+,30-/m0/s1. The third kappa shape index (κ3) is 9.62. The average molecular weight is 502 g/mol. The van der Waals surface area contributed by atoms with Crippen molar-refractivity contribution in [2.75, 3.05) is 39.5 Å². The molecule has 0 aromatic heterocycles. The summed E-state index contributed by atoms with van der Waals surface area (Å²) in [5.74, 6) is 0.443. The molecule has 0 spiro atoms. The SMILES string of the molecule is CCCCC[C@@H](O)c1ccc([C@@H]2[C@@H](C/C=C/CCCC(=O)OCCN3CCOCC3)CC[C@H]2O)cc1. The number of morpholine rings is 1. The highest BCUT2D eigenvalue weighted by Crippen LogP contribution is 2.42. The van der Waals surface area contributed by atoms with Gasteiger partial charge >= 0.3 is 5.97 Å². The molecule has 3 rings (SSSR count). The van der Waals surface area contributed by atoms with Crippen molar-refractivity contribution < 1.29 is 24.5 Å². The number of aliphatic hydroxyl groups excluding tert-OH is 2. The number of carbonyl (C=O) groups is 1. The minimum Gasteiger partial charge on any atom is -0.464 e. The average Bonchev–Trinajstić information content (AvgIpc) is 3.27. The molecule has 1 aromatic rings. The number of carbonyl (C=O) groups excluding carboxylic acids is 1. The normalized spacial score (nSPS) is 23.8. The third-order valence-corrected chi connectivity index (χ3v) is 7.67. The molecule has 0 amide bonds. The second-order valence-electron chi connectivity index (χ2n) is 10.4. The van der Waals surface area contributed by atoms with Crippen LogP contribution in [-0.2, 0) is 14.3 Å². The van der Waals surface area contributed by atoms with Crippen molar-refractivity contribution >= 4 is 5.97 Å². The molecule has 1 aliphatic carbocycles. The minimum absolute atomic E-state index is 0.116. The first kappa shape index (κ1) is 28.8. The summed E-state index contributed by atoms with van der Waals surface area (Å²) in [6.45, 7) is 6.76. The van der Waals surface area contributed by atoms with E-state index in [-0.39, 0.29) is 18.0 Å². The van der Waals surface area contributed by atoms with E-state index in [4.69, 9.17) is 9.47 Å². The van der Waals surface area contributed by atoms with Crippen LogP contribution in [0.1, 0.15) is 94.3 Å². The number of benzene rings is 1. The molecule has 1 saturated carbocycles. The smallest absolute Gasteiger partial charge is 0.305 e. The number of nitrogens with zero attached hydrogens (tertiary/aromatic N) is 1. The lowest BCUT2D eigenvalue weighted by Gasteiger charge is -2.26. The number of hydrogen-bond acceptors (Lipinski definition) is 6. The van der Waals surface area contributed by atoms with Gasteiger partial charge in [-0.25, -0.2) is 0 Å². The van der Waals surface area contributed by atoms with Gasteiger partial charge in [0, 0.05) is 32.0 Å². The molecule has 36 heavy (non-hydrogen) atoms. The van der Waals surface area contributed by atoms with Crippen LogP contribution in [0, 0.1) is 5.92 Å². The Kier molecular flexibility index (Phi) is 13.0. The fourth-order valence-electron chi connectivity index (χ4n) is 5.45. The fraction of sp³-hybridized carbons (Fsp3) is 0.700. The topological polar surface area (TPSA) is 79.2 Å². The Morgan fingerprint density at radius 1 is 1.14 bits per heavy atom. The van der Waals surface area contributed by atoms with E-state index in [0.717, 1.165) is 96.2 Å². The van der Waals surface area contributed by atoms with E-state index in [1.54, 1.807) is 0 Å². The van der Waals surface area contributed by atoms with E-state index in [1.165, 1.54) is 5.56 Å². The summed E-state index contributed by atoms with van der Waals surface area (Å²) in [4.78, 5) is 14.2. The molecule has 6 heteroatoms. The zero-order valence-corrected chi connectivity index (χ0v) is 22.2. The molecule has 1 aliphatic heterocycles. The van der Waals surface area contributed by atoms with Crippen molar-refractivity contribution in [3.05, 3.63) is 47.5 Å². The Morgan fingerprint density at radius 2 is 1.92 bits per heavy atom. The molecular formula is C30H47NO5. The lowest BCUT2D eigenvalue weighted by Crippen LogP contribution is -2.38. The van der Waals surface area contributed by atoms with E-state index in [1.807, 2.05) is 12.1 Å². The highest BCUT2D eigenvalue weighted by atomic mass is 16.5. The molecule has 6 nitrogen and oxygen atoms in total. The van der Waals surface area contributed by atoms with E-state index in [0.29, 0.717) is 18.9 Å². The number of unbranched alkanes of at least 4 members (excludes halogenated alkanes) is 3. The molecule has 2 aliphatic rings. The molecule has 4 atom stereocenters. The van der Waals surface area contributed by atoms with E-state index < -0.39 is 6.10 Å². The second-order valence-corrected chi connectivity index (χ2v) is 10.4. The van der Waals surface area contributed by atoms with Crippen molar-refractivity contribution in [3.63, 3.8) is 0 Å². The molecule has 0 radical (unpaired) electrons. The second kappa shape index (κ2) is 16.2. The van der Waals surface area contributed by atoms with Gasteiger partial charge in [-0.15, -0.1) is 0 Å². The van der Waals surface area contributed by atoms with Crippen LogP contribution in [0.5, 0.6) is 0 Å². The van der Waals surface area contributed by atoms with Gasteiger partial charge in [0.15, 0.2) is 0 Å². The molecule has 1 saturated heterocycles. The van der Waals surface area contributed by atoms with Crippen molar-refractivity contribution in [2.45, 2.75) is 89.3 Å². The summed E-state index contributed by atoms with van der Waals surface area (Å²) in [5.41, 5.74) is 2.14. The van der Waals surface area contributed by atoms with Gasteiger partial charge in [0.25, 0.3) is 0 Å². The number of rotatable bonds is 15. The zero-order valence-electron chi connectivity index (χ0n) is 22.2. The van der Waals surface area contributed by atoms with Crippen LogP contribution < -0.4 is 0 Å². The highest BCUT2D eigenvalue weighted by molar-refractivity contribution is 5.69. The Hall–Kier alpha value is -1.73.